The van der Waals surface area contributed by atoms with Gasteiger partial charge < -0.3 is 19.3 Å². The Morgan fingerprint density at radius 3 is 2.65 bits per heavy atom. The Balaban J connectivity index is 1.38. The summed E-state index contributed by atoms with van der Waals surface area (Å²) >= 11 is 0. The molecule has 1 N–H and O–H groups in total. The molecule has 3 aromatic carbocycles. The van der Waals surface area contributed by atoms with E-state index in [2.05, 4.69) is 4.57 Å². The van der Waals surface area contributed by atoms with Gasteiger partial charge in [0.1, 0.15) is 24.3 Å². The Morgan fingerprint density at radius 1 is 1.06 bits per heavy atom. The van der Waals surface area contributed by atoms with Crippen LogP contribution >= 0.6 is 0 Å². The zero-order valence-electron chi connectivity index (χ0n) is 19.5. The second kappa shape index (κ2) is 9.31. The zero-order chi connectivity index (χ0) is 23.7. The molecule has 1 aliphatic rings. The molecule has 2 atom stereocenters. The van der Waals surface area contributed by atoms with Crippen LogP contribution in [0.15, 0.2) is 72.8 Å². The third-order valence-electron chi connectivity index (χ3n) is 6.41. The maximum atomic E-state index is 12.8. The van der Waals surface area contributed by atoms with Crippen molar-refractivity contribution in [2.75, 3.05) is 18.1 Å². The molecule has 1 aromatic heterocycles. The average Bonchev–Trinajstić information content (AvgIpc) is 3.41. The summed E-state index contributed by atoms with van der Waals surface area (Å²) in [7, 11) is 0. The molecule has 1 fully saturated rings. The van der Waals surface area contributed by atoms with Gasteiger partial charge >= 0.3 is 0 Å². The van der Waals surface area contributed by atoms with E-state index in [4.69, 9.17) is 9.72 Å². The number of aliphatic hydroxyl groups excluding tert-OH is 1. The number of aromatic nitrogens is 2. The third-order valence-corrected chi connectivity index (χ3v) is 6.41. The van der Waals surface area contributed by atoms with Gasteiger partial charge in [-0.05, 0) is 55.3 Å². The highest BCUT2D eigenvalue weighted by molar-refractivity contribution is 5.96. The van der Waals surface area contributed by atoms with E-state index in [1.54, 1.807) is 0 Å². The molecular weight excluding hydrogens is 426 g/mol. The predicted octanol–water partition coefficient (Wildman–Crippen LogP) is 4.61. The van der Waals surface area contributed by atoms with Gasteiger partial charge in [0, 0.05) is 24.6 Å². The van der Waals surface area contributed by atoms with Crippen LogP contribution in [0.5, 0.6) is 5.75 Å². The number of hydrogen-bond donors (Lipinski definition) is 1. The molecule has 0 saturated carbocycles. The van der Waals surface area contributed by atoms with E-state index in [0.29, 0.717) is 19.5 Å². The van der Waals surface area contributed by atoms with Crippen LogP contribution in [-0.2, 0) is 11.3 Å². The second-order valence-corrected chi connectivity index (χ2v) is 9.04. The summed E-state index contributed by atoms with van der Waals surface area (Å²) in [4.78, 5) is 19.6. The lowest BCUT2D eigenvalue weighted by molar-refractivity contribution is -0.117. The van der Waals surface area contributed by atoms with Crippen molar-refractivity contribution in [3.63, 3.8) is 0 Å². The number of imidazole rings is 1. The lowest BCUT2D eigenvalue weighted by Gasteiger charge is -2.19. The van der Waals surface area contributed by atoms with Crippen molar-refractivity contribution in [1.82, 2.24) is 9.55 Å². The maximum absolute atomic E-state index is 12.8. The van der Waals surface area contributed by atoms with Gasteiger partial charge in [0.15, 0.2) is 0 Å². The number of anilines is 1. The molecule has 6 nitrogen and oxygen atoms in total. The highest BCUT2D eigenvalue weighted by Gasteiger charge is 2.35. The Hall–Kier alpha value is -3.64. The molecule has 0 bridgehead atoms. The van der Waals surface area contributed by atoms with Crippen molar-refractivity contribution in [2.24, 2.45) is 0 Å². The maximum Gasteiger partial charge on any atom is 0.227 e. The van der Waals surface area contributed by atoms with Crippen LogP contribution in [0.2, 0.25) is 0 Å². The Bertz CT molecular complexity index is 1320. The van der Waals surface area contributed by atoms with Gasteiger partial charge in [-0.15, -0.1) is 0 Å². The molecular formula is C28H29N3O3. The van der Waals surface area contributed by atoms with Gasteiger partial charge in [-0.1, -0.05) is 42.5 Å². The number of para-hydroxylation sites is 3. The summed E-state index contributed by atoms with van der Waals surface area (Å²) in [5.41, 5.74) is 4.88. The second-order valence-electron chi connectivity index (χ2n) is 9.04. The van der Waals surface area contributed by atoms with Gasteiger partial charge in [-0.25, -0.2) is 4.98 Å². The summed E-state index contributed by atoms with van der Waals surface area (Å²) in [5.74, 6) is 1.66. The van der Waals surface area contributed by atoms with Crippen LogP contribution in [0.1, 0.15) is 29.3 Å². The summed E-state index contributed by atoms with van der Waals surface area (Å²) in [6, 6.07) is 23.7. The van der Waals surface area contributed by atoms with Gasteiger partial charge in [-0.2, -0.15) is 0 Å². The normalized spacial score (nSPS) is 16.9. The van der Waals surface area contributed by atoms with E-state index >= 15 is 0 Å². The summed E-state index contributed by atoms with van der Waals surface area (Å²) < 4.78 is 8.01. The van der Waals surface area contributed by atoms with Crippen LogP contribution in [0.25, 0.3) is 11.0 Å². The third kappa shape index (κ3) is 4.41. The van der Waals surface area contributed by atoms with Crippen molar-refractivity contribution in [3.05, 3.63) is 89.7 Å². The largest absolute Gasteiger partial charge is 0.491 e. The number of hydrogen-bond acceptors (Lipinski definition) is 4. The number of amides is 1. The fraction of sp³-hybridized carbons (Fsp3) is 0.286. The van der Waals surface area contributed by atoms with E-state index in [1.807, 2.05) is 91.5 Å². The molecule has 0 aliphatic carbocycles. The van der Waals surface area contributed by atoms with Gasteiger partial charge in [0.05, 0.1) is 17.6 Å². The molecule has 6 heteroatoms. The first-order valence-corrected chi connectivity index (χ1v) is 11.7. The number of carbonyl (C=O) groups excluding carboxylic acids is 1. The average molecular weight is 456 g/mol. The number of ether oxygens (including phenoxy) is 1. The molecule has 1 saturated heterocycles. The molecule has 34 heavy (non-hydrogen) atoms. The van der Waals surface area contributed by atoms with Gasteiger partial charge in [-0.3, -0.25) is 4.79 Å². The van der Waals surface area contributed by atoms with E-state index in [1.165, 1.54) is 0 Å². The SMILES string of the molecule is Cc1ccc(C)c(OCC(O)Cn2c(C3CC(=O)N(c4ccccc4)C3)nc3ccccc32)c1. The van der Waals surface area contributed by atoms with Gasteiger partial charge in [0.2, 0.25) is 5.91 Å². The Labute approximate surface area is 199 Å². The number of aliphatic hydroxyl groups is 1. The van der Waals surface area contributed by atoms with Gasteiger partial charge in [0.25, 0.3) is 0 Å². The minimum Gasteiger partial charge on any atom is -0.491 e. The number of aryl methyl sites for hydroxylation is 2. The van der Waals surface area contributed by atoms with Crippen molar-refractivity contribution >= 4 is 22.6 Å². The molecule has 174 valence electrons. The molecule has 0 spiro atoms. The highest BCUT2D eigenvalue weighted by atomic mass is 16.5. The summed E-state index contributed by atoms with van der Waals surface area (Å²) in [6.45, 7) is 5.11. The van der Waals surface area contributed by atoms with E-state index in [-0.39, 0.29) is 18.4 Å². The van der Waals surface area contributed by atoms with Crippen LogP contribution in [0.3, 0.4) is 0 Å². The predicted molar refractivity (Wildman–Crippen MR) is 133 cm³/mol. The summed E-state index contributed by atoms with van der Waals surface area (Å²) in [6.07, 6.45) is -0.327. The first-order chi connectivity index (χ1) is 16.5. The zero-order valence-corrected chi connectivity index (χ0v) is 19.5. The lowest BCUT2D eigenvalue weighted by Crippen LogP contribution is -2.26. The lowest BCUT2D eigenvalue weighted by atomic mass is 10.1. The van der Waals surface area contributed by atoms with Crippen molar-refractivity contribution in [2.45, 2.75) is 38.8 Å². The van der Waals surface area contributed by atoms with Crippen molar-refractivity contribution < 1.29 is 14.6 Å². The number of nitrogens with zero attached hydrogens (tertiary/aromatic N) is 3. The van der Waals surface area contributed by atoms with Crippen molar-refractivity contribution in [3.8, 4) is 5.75 Å². The highest BCUT2D eigenvalue weighted by Crippen LogP contribution is 2.33. The number of carbonyl (C=O) groups is 1. The fourth-order valence-electron chi connectivity index (χ4n) is 4.65. The Morgan fingerprint density at radius 2 is 1.82 bits per heavy atom. The minimum absolute atomic E-state index is 0.0489. The van der Waals surface area contributed by atoms with E-state index in [9.17, 15) is 9.90 Å². The Kier molecular flexibility index (Phi) is 6.07. The first-order valence-electron chi connectivity index (χ1n) is 11.7. The monoisotopic (exact) mass is 455 g/mol. The molecule has 1 amide bonds. The first kappa shape index (κ1) is 22.2. The number of fused-ring (bicyclic) bond motifs is 1. The van der Waals surface area contributed by atoms with E-state index < -0.39 is 6.10 Å². The molecule has 2 unspecified atom stereocenters. The van der Waals surface area contributed by atoms with Crippen LogP contribution in [-0.4, -0.2) is 39.8 Å². The topological polar surface area (TPSA) is 67.6 Å². The van der Waals surface area contributed by atoms with Crippen LogP contribution in [0, 0.1) is 13.8 Å². The molecule has 2 heterocycles. The smallest absolute Gasteiger partial charge is 0.227 e. The molecule has 5 rings (SSSR count). The van der Waals surface area contributed by atoms with E-state index in [0.717, 1.165) is 39.4 Å². The fourth-order valence-corrected chi connectivity index (χ4v) is 4.65. The molecule has 0 radical (unpaired) electrons. The quantitative estimate of drug-likeness (QED) is 0.442. The molecule has 4 aromatic rings. The number of rotatable bonds is 7. The number of benzene rings is 3. The summed E-state index contributed by atoms with van der Waals surface area (Å²) in [5, 5.41) is 10.9. The molecule has 1 aliphatic heterocycles. The standard InChI is InChI=1S/C28H29N3O3/c1-19-12-13-20(2)26(14-19)34-18-23(32)17-31-25-11-7-6-10-24(25)29-28(31)21-15-27(33)30(16-21)22-8-4-3-5-9-22/h3-14,21,23,32H,15-18H2,1-2H3. The van der Waals surface area contributed by atoms with Crippen LogP contribution in [0.4, 0.5) is 5.69 Å². The van der Waals surface area contributed by atoms with Crippen molar-refractivity contribution in [1.29, 1.82) is 0 Å². The van der Waals surface area contributed by atoms with Crippen LogP contribution < -0.4 is 9.64 Å². The minimum atomic E-state index is -0.724.